The van der Waals surface area contributed by atoms with E-state index >= 15 is 0 Å². The van der Waals surface area contributed by atoms with Gasteiger partial charge in [0, 0.05) is 6.04 Å². The molecule has 2 saturated heterocycles. The standard InChI is InChI=1S/C17H19NO.C12H14O.C12H14/c19-17(16-12-7-13-18-16,14-8-3-1-4-9-14)15-10-5-2-6-11-15;1-2-6-10(7-3-1)12-9-5-4-8-11(12)13-12;1-3-7-11(8-4-1)12-9-5-2-6-10-12/h1-6,8-11,16,18-19H,7,12-13H2;1-3,6-7,11H,4-5,8-9H2;1,3-4,7-9H,2,5-6,10H2/t16-;;/m0../s1. The van der Waals surface area contributed by atoms with E-state index in [1.54, 1.807) is 5.57 Å². The zero-order valence-corrected chi connectivity index (χ0v) is 25.9. The Kier molecular flexibility index (Phi) is 10.1. The van der Waals surface area contributed by atoms with Crippen LogP contribution in [0.4, 0.5) is 0 Å². The van der Waals surface area contributed by atoms with Gasteiger partial charge < -0.3 is 15.2 Å². The summed E-state index contributed by atoms with van der Waals surface area (Å²) in [5.74, 6) is 0. The molecule has 4 aromatic carbocycles. The third-order valence-electron chi connectivity index (χ3n) is 9.77. The van der Waals surface area contributed by atoms with Crippen molar-refractivity contribution in [2.24, 2.45) is 0 Å². The van der Waals surface area contributed by atoms with Gasteiger partial charge in [0.25, 0.3) is 0 Å². The van der Waals surface area contributed by atoms with Gasteiger partial charge in [-0.3, -0.25) is 0 Å². The van der Waals surface area contributed by atoms with Crippen molar-refractivity contribution in [2.45, 2.75) is 87.6 Å². The smallest absolute Gasteiger partial charge is 0.130 e. The molecular formula is C41H47NO2. The summed E-state index contributed by atoms with van der Waals surface area (Å²) in [4.78, 5) is 0. The van der Waals surface area contributed by atoms with Gasteiger partial charge in [0.2, 0.25) is 0 Å². The Morgan fingerprint density at radius 3 is 1.82 bits per heavy atom. The van der Waals surface area contributed by atoms with E-state index in [2.05, 4.69) is 72.1 Å². The van der Waals surface area contributed by atoms with Gasteiger partial charge in [-0.15, -0.1) is 0 Å². The molecular weight excluding hydrogens is 538 g/mol. The maximum absolute atomic E-state index is 11.4. The molecule has 0 spiro atoms. The molecule has 0 bridgehead atoms. The number of allylic oxidation sites excluding steroid dienone is 2. The second-order valence-corrected chi connectivity index (χ2v) is 12.6. The third-order valence-corrected chi connectivity index (χ3v) is 9.77. The zero-order chi connectivity index (χ0) is 30.1. The molecule has 0 amide bonds. The van der Waals surface area contributed by atoms with E-state index in [9.17, 15) is 5.11 Å². The molecule has 3 fully saturated rings. The SMILES string of the molecule is C1=C(c2ccccc2)CCCC1.OC(c1ccccc1)(c1ccccc1)[C@@H]1CCCN1.c1ccc(C23CCCCC2O3)cc1. The largest absolute Gasteiger partial charge is 0.379 e. The van der Waals surface area contributed by atoms with Crippen LogP contribution in [-0.4, -0.2) is 23.8 Å². The number of hydrogen-bond acceptors (Lipinski definition) is 3. The van der Waals surface area contributed by atoms with Crippen molar-refractivity contribution in [3.05, 3.63) is 150 Å². The van der Waals surface area contributed by atoms with E-state index in [0.29, 0.717) is 6.10 Å². The fourth-order valence-electron chi connectivity index (χ4n) is 7.31. The van der Waals surface area contributed by atoms with Crippen LogP contribution in [0.5, 0.6) is 0 Å². The normalized spacial score (nSPS) is 24.0. The highest BCUT2D eigenvalue weighted by Crippen LogP contribution is 2.55. The summed E-state index contributed by atoms with van der Waals surface area (Å²) in [6, 6.07) is 41.4. The number of ether oxygens (including phenoxy) is 1. The van der Waals surface area contributed by atoms with E-state index < -0.39 is 5.60 Å². The number of fused-ring (bicyclic) bond motifs is 1. The van der Waals surface area contributed by atoms with Crippen molar-refractivity contribution < 1.29 is 9.84 Å². The maximum atomic E-state index is 11.4. The van der Waals surface area contributed by atoms with Gasteiger partial charge in [0.05, 0.1) is 6.10 Å². The highest BCUT2D eigenvalue weighted by Gasteiger charge is 2.58. The lowest BCUT2D eigenvalue weighted by Gasteiger charge is -2.35. The minimum absolute atomic E-state index is 0.0808. The Bertz CT molecular complexity index is 1410. The van der Waals surface area contributed by atoms with Crippen molar-refractivity contribution >= 4 is 5.57 Å². The van der Waals surface area contributed by atoms with Gasteiger partial charge in [0.15, 0.2) is 0 Å². The predicted molar refractivity (Wildman–Crippen MR) is 181 cm³/mol. The molecule has 228 valence electrons. The van der Waals surface area contributed by atoms with E-state index in [-0.39, 0.29) is 11.6 Å². The first-order chi connectivity index (χ1) is 21.7. The quantitative estimate of drug-likeness (QED) is 0.230. The summed E-state index contributed by atoms with van der Waals surface area (Å²) in [7, 11) is 0. The summed E-state index contributed by atoms with van der Waals surface area (Å²) in [6.07, 6.45) is 15.5. The second-order valence-electron chi connectivity index (χ2n) is 12.6. The fourth-order valence-corrected chi connectivity index (χ4v) is 7.31. The summed E-state index contributed by atoms with van der Waals surface area (Å²) in [5, 5.41) is 14.8. The number of aliphatic hydroxyl groups is 1. The average molecular weight is 586 g/mol. The van der Waals surface area contributed by atoms with Crippen LogP contribution in [0.1, 0.15) is 86.5 Å². The first-order valence-electron chi connectivity index (χ1n) is 16.7. The molecule has 1 saturated carbocycles. The van der Waals surface area contributed by atoms with Crippen LogP contribution in [0.15, 0.2) is 127 Å². The predicted octanol–water partition coefficient (Wildman–Crippen LogP) is 9.17. The highest BCUT2D eigenvalue weighted by molar-refractivity contribution is 5.65. The molecule has 3 nitrogen and oxygen atoms in total. The summed E-state index contributed by atoms with van der Waals surface area (Å²) in [5.41, 5.74) is 5.46. The number of hydrogen-bond donors (Lipinski definition) is 2. The lowest BCUT2D eigenvalue weighted by atomic mass is 9.79. The summed E-state index contributed by atoms with van der Waals surface area (Å²) in [6.45, 7) is 0.979. The molecule has 3 atom stereocenters. The molecule has 2 N–H and O–H groups in total. The van der Waals surface area contributed by atoms with Gasteiger partial charge in [-0.2, -0.15) is 0 Å². The summed E-state index contributed by atoms with van der Waals surface area (Å²) >= 11 is 0. The molecule has 8 rings (SSSR count). The topological polar surface area (TPSA) is 44.8 Å². The molecule has 2 heterocycles. The van der Waals surface area contributed by atoms with Crippen LogP contribution in [0.2, 0.25) is 0 Å². The summed E-state index contributed by atoms with van der Waals surface area (Å²) < 4.78 is 5.85. The van der Waals surface area contributed by atoms with E-state index in [1.807, 2.05) is 60.7 Å². The molecule has 2 aliphatic heterocycles. The Hall–Kier alpha value is -3.50. The van der Waals surface area contributed by atoms with Crippen LogP contribution in [0, 0.1) is 0 Å². The molecule has 0 aromatic heterocycles. The van der Waals surface area contributed by atoms with Gasteiger partial charge in [-0.05, 0) is 85.7 Å². The second kappa shape index (κ2) is 14.5. The third kappa shape index (κ3) is 6.91. The van der Waals surface area contributed by atoms with Crippen molar-refractivity contribution in [3.8, 4) is 0 Å². The minimum Gasteiger partial charge on any atom is -0.379 e. The molecule has 4 aromatic rings. The molecule has 2 unspecified atom stereocenters. The Morgan fingerprint density at radius 1 is 0.659 bits per heavy atom. The number of nitrogens with one attached hydrogen (secondary N) is 1. The van der Waals surface area contributed by atoms with Crippen molar-refractivity contribution in [3.63, 3.8) is 0 Å². The zero-order valence-electron chi connectivity index (χ0n) is 25.9. The molecule has 0 radical (unpaired) electrons. The molecule has 3 heteroatoms. The fraction of sp³-hybridized carbons (Fsp3) is 0.366. The van der Waals surface area contributed by atoms with Crippen molar-refractivity contribution in [2.75, 3.05) is 6.54 Å². The van der Waals surface area contributed by atoms with Gasteiger partial charge in [-0.1, -0.05) is 140 Å². The molecule has 4 aliphatic rings. The van der Waals surface area contributed by atoms with E-state index in [0.717, 1.165) is 30.5 Å². The lowest BCUT2D eigenvalue weighted by Crippen LogP contribution is -2.46. The van der Waals surface area contributed by atoms with Gasteiger partial charge in [0.1, 0.15) is 11.2 Å². The van der Waals surface area contributed by atoms with Crippen LogP contribution in [-0.2, 0) is 15.9 Å². The van der Waals surface area contributed by atoms with Crippen LogP contribution >= 0.6 is 0 Å². The number of rotatable bonds is 5. The van der Waals surface area contributed by atoms with Crippen molar-refractivity contribution in [1.29, 1.82) is 0 Å². The monoisotopic (exact) mass is 585 g/mol. The highest BCUT2D eigenvalue weighted by atomic mass is 16.6. The van der Waals surface area contributed by atoms with Crippen LogP contribution in [0.3, 0.4) is 0 Å². The first-order valence-corrected chi connectivity index (χ1v) is 16.7. The Balaban J connectivity index is 0.000000121. The van der Waals surface area contributed by atoms with Crippen molar-refractivity contribution in [1.82, 2.24) is 5.32 Å². The number of benzene rings is 4. The van der Waals surface area contributed by atoms with Gasteiger partial charge >= 0.3 is 0 Å². The Labute approximate surface area is 264 Å². The van der Waals surface area contributed by atoms with E-state index in [1.165, 1.54) is 62.5 Å². The van der Waals surface area contributed by atoms with Gasteiger partial charge in [-0.25, -0.2) is 0 Å². The minimum atomic E-state index is -0.945. The Morgan fingerprint density at radius 2 is 1.27 bits per heavy atom. The molecule has 2 aliphatic carbocycles. The van der Waals surface area contributed by atoms with Crippen LogP contribution < -0.4 is 5.32 Å². The lowest BCUT2D eigenvalue weighted by molar-refractivity contribution is 0.0442. The van der Waals surface area contributed by atoms with Crippen LogP contribution in [0.25, 0.3) is 5.57 Å². The number of epoxide rings is 1. The van der Waals surface area contributed by atoms with E-state index in [4.69, 9.17) is 4.74 Å². The first kappa shape index (κ1) is 30.5. The molecule has 44 heavy (non-hydrogen) atoms. The average Bonchev–Trinajstić information content (AvgIpc) is 3.63. The maximum Gasteiger partial charge on any atom is 0.130 e.